The Morgan fingerprint density at radius 1 is 1.46 bits per heavy atom. The summed E-state index contributed by atoms with van der Waals surface area (Å²) in [5.74, 6) is -0.272. The van der Waals surface area contributed by atoms with Gasteiger partial charge in [-0.15, -0.1) is 11.8 Å². The van der Waals surface area contributed by atoms with Crippen LogP contribution in [0.2, 0.25) is 10.0 Å². The molecule has 0 aliphatic carbocycles. The first kappa shape index (κ1) is 17.8. The van der Waals surface area contributed by atoms with Crippen molar-refractivity contribution in [2.45, 2.75) is 43.6 Å². The number of nitrogens with one attached hydrogen (secondary N) is 1. The highest BCUT2D eigenvalue weighted by Gasteiger charge is 2.52. The zero-order chi connectivity index (χ0) is 17.6. The van der Waals surface area contributed by atoms with Gasteiger partial charge in [0.2, 0.25) is 11.8 Å². The minimum absolute atomic E-state index is 0.00544. The summed E-state index contributed by atoms with van der Waals surface area (Å²) in [6.07, 6.45) is 1.22. The van der Waals surface area contributed by atoms with Gasteiger partial charge in [0.25, 0.3) is 0 Å². The van der Waals surface area contributed by atoms with Gasteiger partial charge in [0.1, 0.15) is 11.9 Å². The number of nitrogens with zero attached hydrogens (tertiary/aromatic N) is 1. The Morgan fingerprint density at radius 2 is 2.17 bits per heavy atom. The largest absolute Gasteiger partial charge is 0.348 e. The number of rotatable bonds is 3. The van der Waals surface area contributed by atoms with Gasteiger partial charge in [-0.05, 0) is 38.0 Å². The first-order chi connectivity index (χ1) is 11.2. The van der Waals surface area contributed by atoms with E-state index in [4.69, 9.17) is 23.2 Å². The Bertz CT molecular complexity index is 718. The number of thioether (sulfide) groups is 1. The fraction of sp³-hybridized carbons (Fsp3) is 0.500. The molecule has 2 amide bonds. The minimum Gasteiger partial charge on any atom is -0.348 e. The van der Waals surface area contributed by atoms with E-state index in [-0.39, 0.29) is 26.7 Å². The summed E-state index contributed by atoms with van der Waals surface area (Å²) in [5, 5.41) is 3.06. The van der Waals surface area contributed by atoms with Crippen LogP contribution >= 0.6 is 35.0 Å². The number of carbonyl (C=O) groups excluding carboxylic acids is 2. The highest BCUT2D eigenvalue weighted by atomic mass is 35.5. The zero-order valence-corrected chi connectivity index (χ0v) is 15.6. The molecule has 3 unspecified atom stereocenters. The molecule has 2 aliphatic heterocycles. The Morgan fingerprint density at radius 3 is 2.88 bits per heavy atom. The average molecular weight is 391 g/mol. The summed E-state index contributed by atoms with van der Waals surface area (Å²) < 4.78 is 13.7. The second kappa shape index (κ2) is 6.39. The lowest BCUT2D eigenvalue weighted by molar-refractivity contribution is -0.138. The van der Waals surface area contributed by atoms with E-state index in [2.05, 4.69) is 5.32 Å². The van der Waals surface area contributed by atoms with Crippen LogP contribution < -0.4 is 5.32 Å². The van der Waals surface area contributed by atoms with Gasteiger partial charge in [0, 0.05) is 17.2 Å². The Labute approximate surface area is 154 Å². The van der Waals surface area contributed by atoms with Crippen LogP contribution in [0.5, 0.6) is 0 Å². The van der Waals surface area contributed by atoms with E-state index >= 15 is 0 Å². The highest BCUT2D eigenvalue weighted by Crippen LogP contribution is 2.47. The van der Waals surface area contributed by atoms with Crippen molar-refractivity contribution in [1.82, 2.24) is 10.2 Å². The van der Waals surface area contributed by atoms with E-state index in [1.165, 1.54) is 12.1 Å². The Balaban J connectivity index is 1.76. The third kappa shape index (κ3) is 3.00. The van der Waals surface area contributed by atoms with Gasteiger partial charge in [0.05, 0.1) is 15.9 Å². The third-order valence-corrected chi connectivity index (χ3v) is 6.73. The van der Waals surface area contributed by atoms with Crippen molar-refractivity contribution in [2.24, 2.45) is 0 Å². The van der Waals surface area contributed by atoms with Crippen molar-refractivity contribution in [3.63, 3.8) is 0 Å². The van der Waals surface area contributed by atoms with Crippen LogP contribution in [0.4, 0.5) is 4.39 Å². The van der Waals surface area contributed by atoms with Crippen LogP contribution in [0, 0.1) is 5.82 Å². The van der Waals surface area contributed by atoms with Gasteiger partial charge in [-0.3, -0.25) is 9.59 Å². The molecule has 2 heterocycles. The zero-order valence-electron chi connectivity index (χ0n) is 13.2. The van der Waals surface area contributed by atoms with Gasteiger partial charge in [-0.25, -0.2) is 4.39 Å². The van der Waals surface area contributed by atoms with E-state index in [1.54, 1.807) is 23.6 Å². The number of halogens is 3. The third-order valence-electron chi connectivity index (χ3n) is 4.61. The molecule has 3 atom stereocenters. The number of benzene rings is 1. The van der Waals surface area contributed by atoms with Crippen LogP contribution in [0.15, 0.2) is 12.1 Å². The van der Waals surface area contributed by atoms with Gasteiger partial charge >= 0.3 is 0 Å². The van der Waals surface area contributed by atoms with E-state index in [1.807, 2.05) is 6.92 Å². The first-order valence-electron chi connectivity index (χ1n) is 7.64. The minimum atomic E-state index is -0.587. The normalized spacial score (nSPS) is 27.3. The average Bonchev–Trinajstić information content (AvgIpc) is 2.99. The predicted octanol–water partition coefficient (Wildman–Crippen LogP) is 3.76. The van der Waals surface area contributed by atoms with Crippen molar-refractivity contribution < 1.29 is 14.0 Å². The maximum atomic E-state index is 13.7. The molecular weight excluding hydrogens is 374 g/mol. The molecule has 4 nitrogen and oxygen atoms in total. The van der Waals surface area contributed by atoms with Gasteiger partial charge in [0.15, 0.2) is 0 Å². The van der Waals surface area contributed by atoms with Crippen LogP contribution in [0.1, 0.15) is 38.3 Å². The van der Waals surface area contributed by atoms with Crippen molar-refractivity contribution in [3.05, 3.63) is 33.6 Å². The summed E-state index contributed by atoms with van der Waals surface area (Å²) in [7, 11) is 0. The monoisotopic (exact) mass is 390 g/mol. The maximum absolute atomic E-state index is 13.7. The molecule has 1 aromatic rings. The van der Waals surface area contributed by atoms with Gasteiger partial charge in [-0.2, -0.15) is 0 Å². The van der Waals surface area contributed by atoms with E-state index in [9.17, 15) is 14.0 Å². The second-order valence-corrected chi connectivity index (χ2v) is 8.60. The molecule has 3 rings (SSSR count). The number of carbonyl (C=O) groups is 2. The molecule has 24 heavy (non-hydrogen) atoms. The van der Waals surface area contributed by atoms with Crippen molar-refractivity contribution in [2.75, 3.05) is 5.75 Å². The molecule has 1 aromatic carbocycles. The predicted molar refractivity (Wildman–Crippen MR) is 93.7 cm³/mol. The standard InChI is InChI=1S/C16H17Cl2FN2O2S/c1-8(9-5-12(19)11(18)6-10(9)17)20-15(23)13-7-24-16(2)4-3-14(22)21(13)16/h5-6,8,13H,3-4,7H2,1-2H3,(H,20,23). The second-order valence-electron chi connectivity index (χ2n) is 6.28. The van der Waals surface area contributed by atoms with Gasteiger partial charge < -0.3 is 10.2 Å². The van der Waals surface area contributed by atoms with Gasteiger partial charge in [-0.1, -0.05) is 23.2 Å². The quantitative estimate of drug-likeness (QED) is 0.799. The highest BCUT2D eigenvalue weighted by molar-refractivity contribution is 8.01. The lowest BCUT2D eigenvalue weighted by Gasteiger charge is -2.30. The fourth-order valence-corrected chi connectivity index (χ4v) is 5.25. The molecule has 0 aromatic heterocycles. The summed E-state index contributed by atoms with van der Waals surface area (Å²) in [4.78, 5) is 26.1. The molecule has 2 saturated heterocycles. The van der Waals surface area contributed by atoms with E-state index in [0.29, 0.717) is 17.7 Å². The van der Waals surface area contributed by atoms with E-state index in [0.717, 1.165) is 6.42 Å². The van der Waals surface area contributed by atoms with Crippen LogP contribution in [0.3, 0.4) is 0 Å². The number of hydrogen-bond donors (Lipinski definition) is 1. The molecule has 1 N–H and O–H groups in total. The lowest BCUT2D eigenvalue weighted by atomic mass is 10.1. The number of amides is 2. The molecule has 0 saturated carbocycles. The molecule has 0 spiro atoms. The van der Waals surface area contributed by atoms with Crippen LogP contribution in [-0.4, -0.2) is 33.4 Å². The van der Waals surface area contributed by atoms with E-state index < -0.39 is 17.9 Å². The molecule has 8 heteroatoms. The summed E-state index contributed by atoms with van der Waals surface area (Å²) >= 11 is 13.4. The molecule has 0 radical (unpaired) electrons. The number of hydrogen-bond acceptors (Lipinski definition) is 3. The Kier molecular flexibility index (Phi) is 4.75. The summed E-state index contributed by atoms with van der Waals surface area (Å²) in [6.45, 7) is 3.71. The SMILES string of the molecule is CC(NC(=O)C1CSC2(C)CCC(=O)N12)c1cc(F)c(Cl)cc1Cl. The first-order valence-corrected chi connectivity index (χ1v) is 9.38. The van der Waals surface area contributed by atoms with Crippen molar-refractivity contribution in [1.29, 1.82) is 0 Å². The molecule has 2 fully saturated rings. The van der Waals surface area contributed by atoms with Crippen molar-refractivity contribution >= 4 is 46.8 Å². The van der Waals surface area contributed by atoms with Crippen LogP contribution in [0.25, 0.3) is 0 Å². The smallest absolute Gasteiger partial charge is 0.244 e. The molecule has 130 valence electrons. The summed E-state index contributed by atoms with van der Waals surface area (Å²) in [5.41, 5.74) is 0.452. The molecule has 2 aliphatic rings. The molecule has 0 bridgehead atoms. The Hall–Kier alpha value is -0.980. The topological polar surface area (TPSA) is 49.4 Å². The lowest BCUT2D eigenvalue weighted by Crippen LogP contribution is -2.50. The number of fused-ring (bicyclic) bond motifs is 1. The maximum Gasteiger partial charge on any atom is 0.244 e. The summed E-state index contributed by atoms with van der Waals surface area (Å²) in [6, 6.07) is 1.55. The molecular formula is C16H17Cl2FN2O2S. The van der Waals surface area contributed by atoms with Crippen LogP contribution in [-0.2, 0) is 9.59 Å². The fourth-order valence-electron chi connectivity index (χ4n) is 3.27. The van der Waals surface area contributed by atoms with Crippen molar-refractivity contribution in [3.8, 4) is 0 Å².